The number of thiazole rings is 1. The molecule has 0 bridgehead atoms. The summed E-state index contributed by atoms with van der Waals surface area (Å²) in [7, 11) is 0. The van der Waals surface area contributed by atoms with Crippen molar-refractivity contribution in [2.75, 3.05) is 23.7 Å². The van der Waals surface area contributed by atoms with Crippen LogP contribution >= 0.6 is 11.3 Å². The van der Waals surface area contributed by atoms with Gasteiger partial charge in [0.05, 0.1) is 10.2 Å². The van der Waals surface area contributed by atoms with Crippen LogP contribution in [-0.2, 0) is 0 Å². The number of hydrogen-bond donors (Lipinski definition) is 1. The molecule has 2 aliphatic rings. The highest BCUT2D eigenvalue weighted by atomic mass is 32.1. The molecule has 2 saturated carbocycles. The molecule has 0 saturated heterocycles. The van der Waals surface area contributed by atoms with E-state index in [0.29, 0.717) is 0 Å². The number of aromatic nitrogens is 1. The summed E-state index contributed by atoms with van der Waals surface area (Å²) >= 11 is 1.79. The van der Waals surface area contributed by atoms with Crippen molar-refractivity contribution in [2.45, 2.75) is 25.7 Å². The average molecular weight is 273 g/mol. The molecule has 0 amide bonds. The van der Waals surface area contributed by atoms with E-state index in [1.807, 2.05) is 18.2 Å². The van der Waals surface area contributed by atoms with E-state index in [1.165, 1.54) is 48.6 Å². The lowest BCUT2D eigenvalue weighted by Crippen LogP contribution is -2.27. The summed E-state index contributed by atoms with van der Waals surface area (Å²) < 4.78 is 1.21. The number of nitrogen functional groups attached to an aromatic ring is 1. The summed E-state index contributed by atoms with van der Waals surface area (Å²) in [6.45, 7) is 2.40. The van der Waals surface area contributed by atoms with Crippen molar-refractivity contribution in [1.82, 2.24) is 4.98 Å². The molecule has 2 fully saturated rings. The maximum atomic E-state index is 5.86. The van der Waals surface area contributed by atoms with Gasteiger partial charge in [0.1, 0.15) is 0 Å². The first kappa shape index (κ1) is 11.5. The Hall–Kier alpha value is -1.29. The minimum absolute atomic E-state index is 0.832. The number of rotatable bonds is 5. The second kappa shape index (κ2) is 4.37. The molecule has 0 unspecified atom stereocenters. The van der Waals surface area contributed by atoms with E-state index in [1.54, 1.807) is 11.3 Å². The number of nitrogens with two attached hydrogens (primary N) is 1. The van der Waals surface area contributed by atoms with E-state index in [9.17, 15) is 0 Å². The second-order valence-electron chi connectivity index (χ2n) is 6.02. The Balaban J connectivity index is 1.63. The quantitative estimate of drug-likeness (QED) is 0.848. The van der Waals surface area contributed by atoms with Crippen molar-refractivity contribution in [2.24, 2.45) is 11.8 Å². The van der Waals surface area contributed by atoms with Gasteiger partial charge in [0.25, 0.3) is 0 Å². The topological polar surface area (TPSA) is 42.1 Å². The smallest absolute Gasteiger partial charge is 0.186 e. The fourth-order valence-corrected chi connectivity index (χ4v) is 3.55. The maximum Gasteiger partial charge on any atom is 0.186 e. The molecule has 100 valence electrons. The molecule has 2 aromatic rings. The highest BCUT2D eigenvalue weighted by Gasteiger charge is 2.30. The first-order valence-corrected chi connectivity index (χ1v) is 8.00. The van der Waals surface area contributed by atoms with E-state index in [2.05, 4.69) is 4.90 Å². The number of anilines is 2. The Bertz CT molecular complexity index is 584. The second-order valence-corrected chi connectivity index (χ2v) is 7.02. The predicted molar refractivity (Wildman–Crippen MR) is 81.7 cm³/mol. The van der Waals surface area contributed by atoms with Crippen molar-refractivity contribution >= 4 is 32.4 Å². The molecular formula is C15H19N3S. The first-order valence-electron chi connectivity index (χ1n) is 7.19. The predicted octanol–water partition coefficient (Wildman–Crippen LogP) is 3.50. The van der Waals surface area contributed by atoms with Crippen LogP contribution in [0.3, 0.4) is 0 Å². The Labute approximate surface area is 117 Å². The zero-order valence-corrected chi connectivity index (χ0v) is 11.8. The molecular weight excluding hydrogens is 254 g/mol. The van der Waals surface area contributed by atoms with Gasteiger partial charge in [-0.3, -0.25) is 0 Å². The van der Waals surface area contributed by atoms with Gasteiger partial charge in [0.15, 0.2) is 5.13 Å². The third kappa shape index (κ3) is 2.54. The monoisotopic (exact) mass is 273 g/mol. The Kier molecular flexibility index (Phi) is 2.65. The van der Waals surface area contributed by atoms with Crippen LogP contribution in [0.25, 0.3) is 10.2 Å². The molecule has 2 N–H and O–H groups in total. The number of hydrogen-bond acceptors (Lipinski definition) is 4. The van der Waals surface area contributed by atoms with Crippen molar-refractivity contribution in [3.05, 3.63) is 18.2 Å². The van der Waals surface area contributed by atoms with E-state index in [4.69, 9.17) is 10.7 Å². The van der Waals surface area contributed by atoms with E-state index < -0.39 is 0 Å². The van der Waals surface area contributed by atoms with Gasteiger partial charge < -0.3 is 10.6 Å². The van der Waals surface area contributed by atoms with Crippen molar-refractivity contribution in [3.8, 4) is 0 Å². The van der Waals surface area contributed by atoms with Crippen LogP contribution in [-0.4, -0.2) is 18.1 Å². The van der Waals surface area contributed by atoms with Gasteiger partial charge in [0.2, 0.25) is 0 Å². The van der Waals surface area contributed by atoms with E-state index in [-0.39, 0.29) is 0 Å². The number of fused-ring (bicyclic) bond motifs is 1. The SMILES string of the molecule is Nc1ccc2nc(N(CC3CC3)CC3CC3)sc2c1. The standard InChI is InChI=1S/C15H19N3S/c16-12-5-6-13-14(7-12)19-15(17-13)18(8-10-1-2-10)9-11-3-4-11/h5-7,10-11H,1-4,8-9,16H2. The molecule has 0 aliphatic heterocycles. The van der Waals surface area contributed by atoms with Crippen LogP contribution in [0.4, 0.5) is 10.8 Å². The van der Waals surface area contributed by atoms with Gasteiger partial charge in [-0.25, -0.2) is 4.98 Å². The molecule has 4 rings (SSSR count). The molecule has 19 heavy (non-hydrogen) atoms. The first-order chi connectivity index (χ1) is 9.28. The molecule has 0 radical (unpaired) electrons. The van der Waals surface area contributed by atoms with Crippen LogP contribution in [0.15, 0.2) is 18.2 Å². The van der Waals surface area contributed by atoms with Crippen molar-refractivity contribution in [1.29, 1.82) is 0 Å². The summed E-state index contributed by atoms with van der Waals surface area (Å²) in [6.07, 6.45) is 5.61. The highest BCUT2D eigenvalue weighted by Crippen LogP contribution is 2.38. The Morgan fingerprint density at radius 3 is 2.47 bits per heavy atom. The Morgan fingerprint density at radius 2 is 1.84 bits per heavy atom. The van der Waals surface area contributed by atoms with Crippen molar-refractivity contribution < 1.29 is 0 Å². The molecule has 0 atom stereocenters. The lowest BCUT2D eigenvalue weighted by Gasteiger charge is -2.21. The van der Waals surface area contributed by atoms with Crippen LogP contribution in [0, 0.1) is 11.8 Å². The third-order valence-electron chi connectivity index (χ3n) is 4.02. The zero-order valence-electron chi connectivity index (χ0n) is 11.0. The molecule has 4 heteroatoms. The number of benzene rings is 1. The minimum Gasteiger partial charge on any atom is -0.399 e. The van der Waals surface area contributed by atoms with Crippen LogP contribution in [0.5, 0.6) is 0 Å². The van der Waals surface area contributed by atoms with E-state index in [0.717, 1.165) is 23.0 Å². The third-order valence-corrected chi connectivity index (χ3v) is 5.10. The van der Waals surface area contributed by atoms with Crippen LogP contribution in [0.1, 0.15) is 25.7 Å². The molecule has 1 aromatic carbocycles. The largest absolute Gasteiger partial charge is 0.399 e. The maximum absolute atomic E-state index is 5.86. The summed E-state index contributed by atoms with van der Waals surface area (Å²) in [5, 5.41) is 1.19. The normalized spacial score (nSPS) is 18.9. The molecule has 1 aromatic heterocycles. The molecule has 2 aliphatic carbocycles. The van der Waals surface area contributed by atoms with Gasteiger partial charge in [0, 0.05) is 18.8 Å². The molecule has 0 spiro atoms. The summed E-state index contributed by atoms with van der Waals surface area (Å²) in [5.41, 5.74) is 7.78. The average Bonchev–Trinajstić information content (AvgIpc) is 3.30. The van der Waals surface area contributed by atoms with Gasteiger partial charge >= 0.3 is 0 Å². The van der Waals surface area contributed by atoms with E-state index >= 15 is 0 Å². The van der Waals surface area contributed by atoms with Crippen molar-refractivity contribution in [3.63, 3.8) is 0 Å². The molecule has 1 heterocycles. The summed E-state index contributed by atoms with van der Waals surface area (Å²) in [6, 6.07) is 6.03. The Morgan fingerprint density at radius 1 is 1.16 bits per heavy atom. The summed E-state index contributed by atoms with van der Waals surface area (Å²) in [5.74, 6) is 1.83. The van der Waals surface area contributed by atoms with Gasteiger partial charge in [-0.05, 0) is 55.7 Å². The van der Waals surface area contributed by atoms with Crippen LogP contribution in [0.2, 0.25) is 0 Å². The van der Waals surface area contributed by atoms with Crippen LogP contribution < -0.4 is 10.6 Å². The zero-order chi connectivity index (χ0) is 12.8. The summed E-state index contributed by atoms with van der Waals surface area (Å²) in [4.78, 5) is 7.33. The lowest BCUT2D eigenvalue weighted by molar-refractivity contribution is 0.678. The van der Waals surface area contributed by atoms with Gasteiger partial charge in [-0.2, -0.15) is 0 Å². The van der Waals surface area contributed by atoms with Gasteiger partial charge in [-0.15, -0.1) is 0 Å². The fourth-order valence-electron chi connectivity index (χ4n) is 2.52. The fraction of sp³-hybridized carbons (Fsp3) is 0.533. The highest BCUT2D eigenvalue weighted by molar-refractivity contribution is 7.22. The molecule has 3 nitrogen and oxygen atoms in total. The minimum atomic E-state index is 0.832. The number of nitrogens with zero attached hydrogens (tertiary/aromatic N) is 2. The van der Waals surface area contributed by atoms with Gasteiger partial charge in [-0.1, -0.05) is 11.3 Å². The lowest BCUT2D eigenvalue weighted by atomic mass is 10.3.